The highest BCUT2D eigenvalue weighted by Crippen LogP contribution is 2.52. The normalized spacial score (nSPS) is 19.5. The third kappa shape index (κ3) is 1.98. The summed E-state index contributed by atoms with van der Waals surface area (Å²) in [5, 5.41) is 9.43. The van der Waals surface area contributed by atoms with Gasteiger partial charge in [0, 0.05) is 18.8 Å². The summed E-state index contributed by atoms with van der Waals surface area (Å²) in [5.74, 6) is 0.740. The molecule has 1 aromatic rings. The number of ketones is 1. The van der Waals surface area contributed by atoms with Gasteiger partial charge in [-0.2, -0.15) is 5.26 Å². The van der Waals surface area contributed by atoms with Gasteiger partial charge in [-0.05, 0) is 11.5 Å². The Morgan fingerprint density at radius 3 is 2.24 bits per heavy atom. The molecule has 1 unspecified atom stereocenters. The smallest absolute Gasteiger partial charge is 0.136 e. The van der Waals surface area contributed by atoms with E-state index in [9.17, 15) is 10.1 Å². The minimum Gasteiger partial charge on any atom is -0.300 e. The number of benzene rings is 1. The summed E-state index contributed by atoms with van der Waals surface area (Å²) in [7, 11) is 0. The van der Waals surface area contributed by atoms with Crippen molar-refractivity contribution in [1.82, 2.24) is 0 Å². The summed E-state index contributed by atoms with van der Waals surface area (Å²) in [4.78, 5) is 11.3. The SMILES string of the molecule is CC(C)C(c1ccccc1)C1(C#N)CC(=O)C1. The van der Waals surface area contributed by atoms with Crippen LogP contribution in [0.3, 0.4) is 0 Å². The number of rotatable bonds is 3. The Kier molecular flexibility index (Phi) is 3.02. The zero-order valence-corrected chi connectivity index (χ0v) is 10.3. The Hall–Kier alpha value is -1.62. The highest BCUT2D eigenvalue weighted by molar-refractivity contribution is 5.87. The molecule has 2 nitrogen and oxygen atoms in total. The van der Waals surface area contributed by atoms with Gasteiger partial charge in [-0.15, -0.1) is 0 Å². The predicted molar refractivity (Wildman–Crippen MR) is 66.3 cm³/mol. The van der Waals surface area contributed by atoms with Gasteiger partial charge in [0.25, 0.3) is 0 Å². The second-order valence-corrected chi connectivity index (χ2v) is 5.29. The molecule has 1 aromatic carbocycles. The molecular weight excluding hydrogens is 210 g/mol. The van der Waals surface area contributed by atoms with Gasteiger partial charge >= 0.3 is 0 Å². The third-order valence-corrected chi connectivity index (χ3v) is 3.67. The van der Waals surface area contributed by atoms with Crippen LogP contribution in [0.5, 0.6) is 0 Å². The zero-order valence-electron chi connectivity index (χ0n) is 10.3. The summed E-state index contributed by atoms with van der Waals surface area (Å²) < 4.78 is 0. The van der Waals surface area contributed by atoms with E-state index < -0.39 is 5.41 Å². The molecule has 0 heterocycles. The molecule has 2 rings (SSSR count). The maximum atomic E-state index is 11.3. The van der Waals surface area contributed by atoms with E-state index in [0.29, 0.717) is 18.8 Å². The van der Waals surface area contributed by atoms with Gasteiger partial charge in [0.15, 0.2) is 0 Å². The van der Waals surface area contributed by atoms with Crippen LogP contribution in [0, 0.1) is 22.7 Å². The molecule has 0 amide bonds. The first-order valence-electron chi connectivity index (χ1n) is 6.07. The number of nitriles is 1. The van der Waals surface area contributed by atoms with E-state index in [1.165, 1.54) is 5.56 Å². The summed E-state index contributed by atoms with van der Waals surface area (Å²) in [6, 6.07) is 12.5. The number of hydrogen-bond donors (Lipinski definition) is 0. The molecule has 0 saturated heterocycles. The molecule has 2 heteroatoms. The topological polar surface area (TPSA) is 40.9 Å². The van der Waals surface area contributed by atoms with Crippen LogP contribution in [0.15, 0.2) is 30.3 Å². The Bertz CT molecular complexity index is 448. The van der Waals surface area contributed by atoms with Crippen LogP contribution < -0.4 is 0 Å². The van der Waals surface area contributed by atoms with Gasteiger partial charge < -0.3 is 0 Å². The Labute approximate surface area is 102 Å². The van der Waals surface area contributed by atoms with Crippen molar-refractivity contribution in [1.29, 1.82) is 5.26 Å². The van der Waals surface area contributed by atoms with E-state index in [0.717, 1.165) is 0 Å². The summed E-state index contributed by atoms with van der Waals surface area (Å²) in [6.07, 6.45) is 0.836. The lowest BCUT2D eigenvalue weighted by molar-refractivity contribution is -0.131. The molecule has 0 spiro atoms. The van der Waals surface area contributed by atoms with Crippen molar-refractivity contribution < 1.29 is 4.79 Å². The van der Waals surface area contributed by atoms with E-state index in [-0.39, 0.29) is 11.7 Å². The number of Topliss-reactive ketones (excluding diaryl/α,β-unsaturated/α-hetero) is 1. The molecule has 1 aliphatic rings. The lowest BCUT2D eigenvalue weighted by Gasteiger charge is -2.43. The number of nitrogens with zero attached hydrogens (tertiary/aromatic N) is 1. The lowest BCUT2D eigenvalue weighted by atomic mass is 9.56. The number of carbonyl (C=O) groups excluding carboxylic acids is 1. The van der Waals surface area contributed by atoms with Gasteiger partial charge in [-0.25, -0.2) is 0 Å². The van der Waals surface area contributed by atoms with Crippen LogP contribution in [0.4, 0.5) is 0 Å². The van der Waals surface area contributed by atoms with Crippen molar-refractivity contribution in [3.63, 3.8) is 0 Å². The quantitative estimate of drug-likeness (QED) is 0.795. The van der Waals surface area contributed by atoms with Crippen LogP contribution >= 0.6 is 0 Å². The van der Waals surface area contributed by atoms with Gasteiger partial charge in [0.2, 0.25) is 0 Å². The molecule has 0 aromatic heterocycles. The second-order valence-electron chi connectivity index (χ2n) is 5.29. The Morgan fingerprint density at radius 1 is 1.24 bits per heavy atom. The lowest BCUT2D eigenvalue weighted by Crippen LogP contribution is -2.43. The minimum atomic E-state index is -0.466. The standard InChI is InChI=1S/C15H17NO/c1-11(2)14(12-6-4-3-5-7-12)15(10-16)8-13(17)9-15/h3-7,11,14H,8-9H2,1-2H3. The fourth-order valence-corrected chi connectivity index (χ4v) is 3.02. The maximum Gasteiger partial charge on any atom is 0.136 e. The van der Waals surface area contributed by atoms with Gasteiger partial charge in [-0.3, -0.25) is 4.79 Å². The molecule has 0 radical (unpaired) electrons. The van der Waals surface area contributed by atoms with Crippen molar-refractivity contribution in [2.75, 3.05) is 0 Å². The van der Waals surface area contributed by atoms with E-state index in [2.05, 4.69) is 32.0 Å². The average molecular weight is 227 g/mol. The van der Waals surface area contributed by atoms with Crippen molar-refractivity contribution in [3.8, 4) is 6.07 Å². The van der Waals surface area contributed by atoms with Crippen molar-refractivity contribution in [2.45, 2.75) is 32.6 Å². The zero-order chi connectivity index (χ0) is 12.5. The van der Waals surface area contributed by atoms with Crippen molar-refractivity contribution in [3.05, 3.63) is 35.9 Å². The fraction of sp³-hybridized carbons (Fsp3) is 0.467. The molecular formula is C15H17NO. The first-order chi connectivity index (χ1) is 8.09. The minimum absolute atomic E-state index is 0.159. The fourth-order valence-electron chi connectivity index (χ4n) is 3.02. The van der Waals surface area contributed by atoms with Crippen LogP contribution in [0.25, 0.3) is 0 Å². The summed E-state index contributed by atoms with van der Waals surface area (Å²) >= 11 is 0. The first kappa shape index (κ1) is 11.9. The molecule has 1 saturated carbocycles. The van der Waals surface area contributed by atoms with E-state index in [1.807, 2.05) is 18.2 Å². The van der Waals surface area contributed by atoms with Crippen molar-refractivity contribution in [2.24, 2.45) is 11.3 Å². The second kappa shape index (κ2) is 4.33. The predicted octanol–water partition coefficient (Wildman–Crippen LogP) is 3.30. The van der Waals surface area contributed by atoms with Gasteiger partial charge in [0.05, 0.1) is 11.5 Å². The molecule has 0 bridgehead atoms. The monoisotopic (exact) mass is 227 g/mol. The van der Waals surface area contributed by atoms with E-state index in [1.54, 1.807) is 0 Å². The number of carbonyl (C=O) groups is 1. The van der Waals surface area contributed by atoms with Crippen LogP contribution in [0.1, 0.15) is 38.2 Å². The molecule has 1 atom stereocenters. The highest BCUT2D eigenvalue weighted by Gasteiger charge is 2.51. The van der Waals surface area contributed by atoms with E-state index in [4.69, 9.17) is 0 Å². The summed E-state index contributed by atoms with van der Waals surface area (Å²) in [6.45, 7) is 4.25. The van der Waals surface area contributed by atoms with Crippen LogP contribution in [-0.4, -0.2) is 5.78 Å². The highest BCUT2D eigenvalue weighted by atomic mass is 16.1. The molecule has 0 aliphatic heterocycles. The largest absolute Gasteiger partial charge is 0.300 e. The Morgan fingerprint density at radius 2 is 1.82 bits per heavy atom. The summed E-state index contributed by atoms with van der Waals surface area (Å²) in [5.41, 5.74) is 0.712. The third-order valence-electron chi connectivity index (χ3n) is 3.67. The maximum absolute atomic E-state index is 11.3. The van der Waals surface area contributed by atoms with Crippen LogP contribution in [0.2, 0.25) is 0 Å². The molecule has 1 fully saturated rings. The molecule has 88 valence electrons. The number of hydrogen-bond acceptors (Lipinski definition) is 2. The molecule has 0 N–H and O–H groups in total. The van der Waals surface area contributed by atoms with Crippen LogP contribution in [-0.2, 0) is 4.79 Å². The molecule has 17 heavy (non-hydrogen) atoms. The Balaban J connectivity index is 2.37. The molecule has 1 aliphatic carbocycles. The van der Waals surface area contributed by atoms with Gasteiger partial charge in [0.1, 0.15) is 5.78 Å². The van der Waals surface area contributed by atoms with Crippen molar-refractivity contribution >= 4 is 5.78 Å². The average Bonchev–Trinajstić information content (AvgIpc) is 2.27. The first-order valence-corrected chi connectivity index (χ1v) is 6.07. The van der Waals surface area contributed by atoms with E-state index >= 15 is 0 Å². The van der Waals surface area contributed by atoms with Gasteiger partial charge in [-0.1, -0.05) is 44.2 Å².